The van der Waals surface area contributed by atoms with E-state index in [0.717, 1.165) is 47.0 Å². The van der Waals surface area contributed by atoms with E-state index in [9.17, 15) is 18.0 Å². The second-order valence-corrected chi connectivity index (χ2v) is 13.7. The number of hydrogen-bond donors (Lipinski definition) is 0. The Morgan fingerprint density at radius 2 is 1.94 bits per heavy atom. The number of amides is 1. The van der Waals surface area contributed by atoms with Gasteiger partial charge in [0.15, 0.2) is 9.84 Å². The third-order valence-corrected chi connectivity index (χ3v) is 11.7. The van der Waals surface area contributed by atoms with Crippen molar-refractivity contribution in [3.05, 3.63) is 59.0 Å². The number of anilines is 1. The summed E-state index contributed by atoms with van der Waals surface area (Å²) in [6, 6.07) is 13.0. The van der Waals surface area contributed by atoms with Gasteiger partial charge in [-0.05, 0) is 65.8 Å². The van der Waals surface area contributed by atoms with Crippen LogP contribution in [0.2, 0.25) is 0 Å². The molecule has 2 heterocycles. The number of nitrogens with zero attached hydrogens (tertiary/aromatic N) is 1. The topological polar surface area (TPSA) is 71.5 Å². The highest BCUT2D eigenvalue weighted by molar-refractivity contribution is 7.98. The van der Waals surface area contributed by atoms with Crippen LogP contribution >= 0.6 is 23.1 Å². The van der Waals surface area contributed by atoms with E-state index in [1.165, 1.54) is 11.3 Å². The SMILES string of the molecule is CSCCCN1C(=O)c2cccc3c(CC(=O)C4CCCCC4S(=O)(=O)c4cccs4)ccc1c23. The molecule has 0 saturated heterocycles. The molecular formula is C27H29NO4S3. The first-order valence-corrected chi connectivity index (χ1v) is 15.9. The summed E-state index contributed by atoms with van der Waals surface area (Å²) in [5.41, 5.74) is 2.47. The quantitative estimate of drug-likeness (QED) is 0.331. The predicted octanol–water partition coefficient (Wildman–Crippen LogP) is 5.76. The molecule has 2 unspecified atom stereocenters. The molecule has 5 rings (SSSR count). The second kappa shape index (κ2) is 10.1. The fraction of sp³-hybridized carbons (Fsp3) is 0.407. The Kier molecular flexibility index (Phi) is 7.06. The Balaban J connectivity index is 1.44. The van der Waals surface area contributed by atoms with Crippen molar-refractivity contribution in [3.63, 3.8) is 0 Å². The van der Waals surface area contributed by atoms with Gasteiger partial charge in [0, 0.05) is 29.8 Å². The van der Waals surface area contributed by atoms with Crippen LogP contribution in [0.25, 0.3) is 10.8 Å². The Morgan fingerprint density at radius 3 is 2.71 bits per heavy atom. The fourth-order valence-electron chi connectivity index (χ4n) is 5.58. The van der Waals surface area contributed by atoms with Crippen molar-refractivity contribution in [1.82, 2.24) is 0 Å². The highest BCUT2D eigenvalue weighted by Gasteiger charge is 2.40. The molecular weight excluding hydrogens is 499 g/mol. The van der Waals surface area contributed by atoms with Crippen LogP contribution in [0.5, 0.6) is 0 Å². The first-order chi connectivity index (χ1) is 16.9. The smallest absolute Gasteiger partial charge is 0.258 e. The summed E-state index contributed by atoms with van der Waals surface area (Å²) in [6.45, 7) is 0.673. The number of carbonyl (C=O) groups is 2. The summed E-state index contributed by atoms with van der Waals surface area (Å²) in [5.74, 6) is 0.497. The first kappa shape index (κ1) is 24.5. The molecule has 0 bridgehead atoms. The molecule has 8 heteroatoms. The molecule has 0 spiro atoms. The van der Waals surface area contributed by atoms with Crippen molar-refractivity contribution in [3.8, 4) is 0 Å². The summed E-state index contributed by atoms with van der Waals surface area (Å²) in [6.07, 6.45) is 6.00. The lowest BCUT2D eigenvalue weighted by Gasteiger charge is -2.30. The van der Waals surface area contributed by atoms with E-state index in [2.05, 4.69) is 6.26 Å². The van der Waals surface area contributed by atoms with Crippen LogP contribution in [0.1, 0.15) is 48.0 Å². The zero-order valence-corrected chi connectivity index (χ0v) is 22.2. The molecule has 0 N–H and O–H groups in total. The molecule has 1 saturated carbocycles. The molecule has 0 radical (unpaired) electrons. The summed E-state index contributed by atoms with van der Waals surface area (Å²) < 4.78 is 27.0. The van der Waals surface area contributed by atoms with E-state index in [1.807, 2.05) is 35.2 Å². The van der Waals surface area contributed by atoms with Crippen LogP contribution in [0.4, 0.5) is 5.69 Å². The van der Waals surface area contributed by atoms with Crippen LogP contribution in [-0.2, 0) is 21.1 Å². The van der Waals surface area contributed by atoms with E-state index in [0.29, 0.717) is 29.2 Å². The highest BCUT2D eigenvalue weighted by Crippen LogP contribution is 2.40. The number of carbonyl (C=O) groups excluding carboxylic acids is 2. The maximum atomic E-state index is 13.6. The summed E-state index contributed by atoms with van der Waals surface area (Å²) >= 11 is 2.99. The van der Waals surface area contributed by atoms with Gasteiger partial charge < -0.3 is 4.90 Å². The lowest BCUT2D eigenvalue weighted by molar-refractivity contribution is -0.122. The van der Waals surface area contributed by atoms with Crippen molar-refractivity contribution >= 4 is 61.1 Å². The number of thioether (sulfide) groups is 1. The van der Waals surface area contributed by atoms with Crippen molar-refractivity contribution in [2.24, 2.45) is 5.92 Å². The maximum Gasteiger partial charge on any atom is 0.258 e. The molecule has 184 valence electrons. The predicted molar refractivity (Wildman–Crippen MR) is 145 cm³/mol. The highest BCUT2D eigenvalue weighted by atomic mass is 32.2. The summed E-state index contributed by atoms with van der Waals surface area (Å²) in [5, 5.41) is 2.94. The number of thiophene rings is 1. The van der Waals surface area contributed by atoms with Crippen LogP contribution in [0.15, 0.2) is 52.1 Å². The van der Waals surface area contributed by atoms with Gasteiger partial charge in [0.2, 0.25) is 0 Å². The molecule has 3 aromatic rings. The van der Waals surface area contributed by atoms with Gasteiger partial charge in [-0.15, -0.1) is 11.3 Å². The van der Waals surface area contributed by atoms with Gasteiger partial charge in [0.1, 0.15) is 9.99 Å². The molecule has 1 fully saturated rings. The normalized spacial score (nSPS) is 20.0. The van der Waals surface area contributed by atoms with Gasteiger partial charge in [-0.1, -0.05) is 37.1 Å². The number of Topliss-reactive ketones (excluding diaryl/α,β-unsaturated/α-hetero) is 1. The zero-order chi connectivity index (χ0) is 24.6. The number of sulfone groups is 1. The van der Waals surface area contributed by atoms with Crippen LogP contribution < -0.4 is 4.90 Å². The number of benzene rings is 2. The minimum Gasteiger partial charge on any atom is -0.308 e. The molecule has 1 aliphatic heterocycles. The number of hydrogen-bond acceptors (Lipinski definition) is 6. The van der Waals surface area contributed by atoms with Gasteiger partial charge in [0.05, 0.1) is 10.9 Å². The molecule has 2 atom stereocenters. The van der Waals surface area contributed by atoms with Crippen molar-refractivity contribution in [2.45, 2.75) is 48.0 Å². The maximum absolute atomic E-state index is 13.6. The minimum absolute atomic E-state index is 0.0170. The number of rotatable bonds is 9. The monoisotopic (exact) mass is 527 g/mol. The lowest BCUT2D eigenvalue weighted by Crippen LogP contribution is -2.38. The average molecular weight is 528 g/mol. The Morgan fingerprint density at radius 1 is 1.11 bits per heavy atom. The zero-order valence-electron chi connectivity index (χ0n) is 19.7. The van der Waals surface area contributed by atoms with E-state index >= 15 is 0 Å². The Hall–Kier alpha value is -2.16. The van der Waals surface area contributed by atoms with E-state index in [-0.39, 0.29) is 18.1 Å². The van der Waals surface area contributed by atoms with Gasteiger partial charge in [-0.2, -0.15) is 11.8 Å². The molecule has 2 aromatic carbocycles. The largest absolute Gasteiger partial charge is 0.308 e. The van der Waals surface area contributed by atoms with Gasteiger partial charge in [0.25, 0.3) is 5.91 Å². The third kappa shape index (κ3) is 4.45. The van der Waals surface area contributed by atoms with Crippen LogP contribution in [0.3, 0.4) is 0 Å². The molecule has 5 nitrogen and oxygen atoms in total. The van der Waals surface area contributed by atoms with Crippen molar-refractivity contribution in [1.29, 1.82) is 0 Å². The fourth-order valence-corrected chi connectivity index (χ4v) is 9.28. The van der Waals surface area contributed by atoms with Gasteiger partial charge in [-0.3, -0.25) is 9.59 Å². The molecule has 35 heavy (non-hydrogen) atoms. The standard InChI is InChI=1S/C27H29NO4S3/c1-33-15-6-14-28-22-13-12-18(19-8-4-9-21(26(19)22)27(28)30)17-23(29)20-7-2-3-10-24(20)35(31,32)25-11-5-16-34-25/h4-5,8-9,11-13,16,20,24H,2-3,6-7,10,14-15,17H2,1H3. The van der Waals surface area contributed by atoms with E-state index in [4.69, 9.17) is 0 Å². The average Bonchev–Trinajstić information content (AvgIpc) is 3.51. The molecule has 1 amide bonds. The van der Waals surface area contributed by atoms with E-state index < -0.39 is 21.0 Å². The number of ketones is 1. The molecule has 2 aliphatic rings. The lowest BCUT2D eigenvalue weighted by atomic mass is 9.83. The van der Waals surface area contributed by atoms with Gasteiger partial charge in [-0.25, -0.2) is 8.42 Å². The second-order valence-electron chi connectivity index (χ2n) is 9.32. The van der Waals surface area contributed by atoms with Crippen molar-refractivity contribution < 1.29 is 18.0 Å². The summed E-state index contributed by atoms with van der Waals surface area (Å²) in [4.78, 5) is 28.5. The van der Waals surface area contributed by atoms with E-state index in [1.54, 1.807) is 29.3 Å². The molecule has 1 aromatic heterocycles. The minimum atomic E-state index is -3.53. The summed E-state index contributed by atoms with van der Waals surface area (Å²) in [7, 11) is -3.53. The first-order valence-electron chi connectivity index (χ1n) is 12.1. The van der Waals surface area contributed by atoms with Crippen molar-refractivity contribution in [2.75, 3.05) is 23.5 Å². The Labute approximate surface area is 214 Å². The Bertz CT molecular complexity index is 1360. The van der Waals surface area contributed by atoms with Crippen LogP contribution in [0, 0.1) is 5.92 Å². The third-order valence-electron chi connectivity index (χ3n) is 7.26. The molecule has 1 aliphatic carbocycles. The van der Waals surface area contributed by atoms with Crippen LogP contribution in [-0.4, -0.2) is 43.9 Å². The van der Waals surface area contributed by atoms with Gasteiger partial charge >= 0.3 is 0 Å².